The number of halogens is 1. The fourth-order valence-corrected chi connectivity index (χ4v) is 3.92. The van der Waals surface area contributed by atoms with E-state index in [0.29, 0.717) is 6.04 Å². The van der Waals surface area contributed by atoms with Crippen LogP contribution in [0.5, 0.6) is 0 Å². The summed E-state index contributed by atoms with van der Waals surface area (Å²) in [5, 5.41) is 11.6. The molecule has 0 spiro atoms. The second kappa shape index (κ2) is 12.2. The van der Waals surface area contributed by atoms with Crippen LogP contribution in [0.4, 0.5) is 0 Å². The van der Waals surface area contributed by atoms with Gasteiger partial charge >= 0.3 is 0 Å². The molecule has 0 bridgehead atoms. The molecule has 1 aromatic heterocycles. The Kier molecular flexibility index (Phi) is 9.93. The van der Waals surface area contributed by atoms with Crippen molar-refractivity contribution in [3.05, 3.63) is 47.8 Å². The van der Waals surface area contributed by atoms with Gasteiger partial charge in [-0.2, -0.15) is 5.10 Å². The van der Waals surface area contributed by atoms with E-state index in [9.17, 15) is 0 Å². The van der Waals surface area contributed by atoms with Gasteiger partial charge in [-0.3, -0.25) is 9.89 Å². The van der Waals surface area contributed by atoms with Crippen molar-refractivity contribution in [2.75, 3.05) is 33.2 Å². The summed E-state index contributed by atoms with van der Waals surface area (Å²) in [6.07, 6.45) is 6.79. The Labute approximate surface area is 192 Å². The quantitative estimate of drug-likeness (QED) is 0.248. The third-order valence-corrected chi connectivity index (χ3v) is 5.57. The fourth-order valence-electron chi connectivity index (χ4n) is 3.92. The Hall–Kier alpha value is -1.61. The number of nitrogens with one attached hydrogen (secondary N) is 2. The predicted molar refractivity (Wildman–Crippen MR) is 132 cm³/mol. The van der Waals surface area contributed by atoms with Crippen LogP contribution in [0.2, 0.25) is 0 Å². The molecule has 1 unspecified atom stereocenters. The average Bonchev–Trinajstić information content (AvgIpc) is 3.34. The van der Waals surface area contributed by atoms with E-state index in [4.69, 9.17) is 0 Å². The first-order chi connectivity index (χ1) is 13.7. The highest BCUT2D eigenvalue weighted by Crippen LogP contribution is 2.15. The molecule has 160 valence electrons. The van der Waals surface area contributed by atoms with E-state index >= 15 is 0 Å². The lowest BCUT2D eigenvalue weighted by atomic mass is 10.1. The van der Waals surface area contributed by atoms with Crippen LogP contribution in [-0.2, 0) is 6.42 Å². The Morgan fingerprint density at radius 2 is 2.03 bits per heavy atom. The highest BCUT2D eigenvalue weighted by atomic mass is 127. The summed E-state index contributed by atoms with van der Waals surface area (Å²) in [4.78, 5) is 6.91. The van der Waals surface area contributed by atoms with Gasteiger partial charge in [0.25, 0.3) is 0 Å². The molecule has 0 radical (unpaired) electrons. The number of rotatable bonds is 8. The van der Waals surface area contributed by atoms with Crippen LogP contribution in [0.3, 0.4) is 0 Å². The van der Waals surface area contributed by atoms with E-state index in [1.807, 2.05) is 29.9 Å². The SMILES string of the molecule is CCN1CCCC1CNC(=NC)NCCCc1cn(-c2ccccc2)nc1C.I. The maximum Gasteiger partial charge on any atom is 0.191 e. The monoisotopic (exact) mass is 510 g/mol. The number of aryl methyl sites for hydroxylation is 2. The first kappa shape index (κ1) is 23.7. The predicted octanol–water partition coefficient (Wildman–Crippen LogP) is 3.38. The van der Waals surface area contributed by atoms with Gasteiger partial charge in [0, 0.05) is 32.4 Å². The Morgan fingerprint density at radius 1 is 1.24 bits per heavy atom. The Morgan fingerprint density at radius 3 is 2.76 bits per heavy atom. The standard InChI is InChI=1S/C22H34N6.HI/c1-4-27-15-9-13-21(27)16-25-22(23-3)24-14-8-10-19-17-28(26-18(19)2)20-11-6-5-7-12-20;/h5-7,11-12,17,21H,4,8-10,13-16H2,1-3H3,(H2,23,24,25);1H. The summed E-state index contributed by atoms with van der Waals surface area (Å²) in [5.74, 6) is 0.902. The lowest BCUT2D eigenvalue weighted by Crippen LogP contribution is -2.45. The lowest BCUT2D eigenvalue weighted by Gasteiger charge is -2.23. The Bertz CT molecular complexity index is 758. The summed E-state index contributed by atoms with van der Waals surface area (Å²) >= 11 is 0. The van der Waals surface area contributed by atoms with E-state index in [2.05, 4.69) is 57.8 Å². The van der Waals surface area contributed by atoms with Crippen molar-refractivity contribution < 1.29 is 0 Å². The number of benzene rings is 1. The third kappa shape index (κ3) is 6.70. The van der Waals surface area contributed by atoms with Gasteiger partial charge in [-0.05, 0) is 63.4 Å². The Balaban J connectivity index is 0.00000300. The zero-order chi connectivity index (χ0) is 19.8. The van der Waals surface area contributed by atoms with Crippen molar-refractivity contribution in [1.82, 2.24) is 25.3 Å². The molecule has 1 aromatic carbocycles. The number of hydrogen-bond donors (Lipinski definition) is 2. The van der Waals surface area contributed by atoms with Crippen LogP contribution < -0.4 is 10.6 Å². The first-order valence-corrected chi connectivity index (χ1v) is 10.5. The molecule has 2 heterocycles. The van der Waals surface area contributed by atoms with Gasteiger partial charge in [-0.15, -0.1) is 24.0 Å². The number of aromatic nitrogens is 2. The largest absolute Gasteiger partial charge is 0.356 e. The van der Waals surface area contributed by atoms with Crippen LogP contribution in [0.15, 0.2) is 41.5 Å². The number of aliphatic imine (C=N–C) groups is 1. The molecule has 0 amide bonds. The van der Waals surface area contributed by atoms with Gasteiger partial charge in [0.1, 0.15) is 0 Å². The van der Waals surface area contributed by atoms with Crippen LogP contribution in [-0.4, -0.2) is 59.9 Å². The summed E-state index contributed by atoms with van der Waals surface area (Å²) < 4.78 is 1.97. The number of para-hydroxylation sites is 1. The second-order valence-electron chi connectivity index (χ2n) is 7.43. The molecule has 1 atom stereocenters. The third-order valence-electron chi connectivity index (χ3n) is 5.57. The summed E-state index contributed by atoms with van der Waals surface area (Å²) in [6.45, 7) is 8.56. The molecule has 7 heteroatoms. The topological polar surface area (TPSA) is 57.5 Å². The number of nitrogens with zero attached hydrogens (tertiary/aromatic N) is 4. The van der Waals surface area contributed by atoms with Gasteiger partial charge in [-0.25, -0.2) is 4.68 Å². The lowest BCUT2D eigenvalue weighted by molar-refractivity contribution is 0.267. The van der Waals surface area contributed by atoms with Gasteiger partial charge in [-0.1, -0.05) is 25.1 Å². The van der Waals surface area contributed by atoms with Crippen molar-refractivity contribution in [3.63, 3.8) is 0 Å². The average molecular weight is 510 g/mol. The summed E-state index contributed by atoms with van der Waals surface area (Å²) in [6, 6.07) is 10.9. The molecule has 1 aliphatic heterocycles. The summed E-state index contributed by atoms with van der Waals surface area (Å²) in [7, 11) is 1.84. The maximum atomic E-state index is 4.66. The molecule has 0 aliphatic carbocycles. The maximum absolute atomic E-state index is 4.66. The van der Waals surface area contributed by atoms with Crippen LogP contribution in [0.1, 0.15) is 37.4 Å². The molecule has 29 heavy (non-hydrogen) atoms. The van der Waals surface area contributed by atoms with Gasteiger partial charge in [0.05, 0.1) is 11.4 Å². The highest BCUT2D eigenvalue weighted by Gasteiger charge is 2.22. The first-order valence-electron chi connectivity index (χ1n) is 10.5. The van der Waals surface area contributed by atoms with E-state index < -0.39 is 0 Å². The molecule has 1 saturated heterocycles. The number of guanidine groups is 1. The zero-order valence-corrected chi connectivity index (χ0v) is 20.2. The summed E-state index contributed by atoms with van der Waals surface area (Å²) in [5.41, 5.74) is 3.51. The van der Waals surface area contributed by atoms with E-state index in [-0.39, 0.29) is 24.0 Å². The van der Waals surface area contributed by atoms with Crippen molar-refractivity contribution in [2.45, 2.75) is 45.6 Å². The molecule has 2 N–H and O–H groups in total. The number of likely N-dealkylation sites (N-methyl/N-ethyl adjacent to an activating group) is 1. The zero-order valence-electron chi connectivity index (χ0n) is 17.9. The van der Waals surface area contributed by atoms with Crippen LogP contribution in [0, 0.1) is 6.92 Å². The normalized spacial score (nSPS) is 17.2. The van der Waals surface area contributed by atoms with Crippen molar-refractivity contribution in [1.29, 1.82) is 0 Å². The van der Waals surface area contributed by atoms with Gasteiger partial charge in [0.15, 0.2) is 5.96 Å². The minimum absolute atomic E-state index is 0. The van der Waals surface area contributed by atoms with Crippen molar-refractivity contribution >= 4 is 29.9 Å². The smallest absolute Gasteiger partial charge is 0.191 e. The molecular formula is C22H35IN6. The van der Waals surface area contributed by atoms with E-state index in [1.54, 1.807) is 0 Å². The molecular weight excluding hydrogens is 475 g/mol. The number of hydrogen-bond acceptors (Lipinski definition) is 3. The van der Waals surface area contributed by atoms with Crippen LogP contribution >= 0.6 is 24.0 Å². The van der Waals surface area contributed by atoms with E-state index in [0.717, 1.165) is 49.8 Å². The minimum Gasteiger partial charge on any atom is -0.356 e. The molecule has 2 aromatic rings. The molecule has 0 saturated carbocycles. The van der Waals surface area contributed by atoms with Crippen LogP contribution in [0.25, 0.3) is 5.69 Å². The van der Waals surface area contributed by atoms with Gasteiger partial charge in [0.2, 0.25) is 0 Å². The molecule has 1 aliphatic rings. The van der Waals surface area contributed by atoms with Crippen molar-refractivity contribution in [3.8, 4) is 5.69 Å². The fraction of sp³-hybridized carbons (Fsp3) is 0.545. The molecule has 1 fully saturated rings. The second-order valence-corrected chi connectivity index (χ2v) is 7.43. The highest BCUT2D eigenvalue weighted by molar-refractivity contribution is 14.0. The van der Waals surface area contributed by atoms with E-state index in [1.165, 1.54) is 24.9 Å². The van der Waals surface area contributed by atoms with Crippen molar-refractivity contribution in [2.24, 2.45) is 4.99 Å². The minimum atomic E-state index is 0. The number of likely N-dealkylation sites (tertiary alicyclic amines) is 1. The molecule has 6 nitrogen and oxygen atoms in total. The molecule has 3 rings (SSSR count). The van der Waals surface area contributed by atoms with Gasteiger partial charge < -0.3 is 10.6 Å².